The number of hydrogen-bond acceptors (Lipinski definition) is 4. The van der Waals surface area contributed by atoms with Gasteiger partial charge in [-0.25, -0.2) is 0 Å². The zero-order valence-corrected chi connectivity index (χ0v) is 8.41. The van der Waals surface area contributed by atoms with Gasteiger partial charge < -0.3 is 10.6 Å². The van der Waals surface area contributed by atoms with Crippen LogP contribution in [0.4, 0.5) is 24.8 Å². The van der Waals surface area contributed by atoms with E-state index < -0.39 is 12.1 Å². The average Bonchev–Trinajstić information content (AvgIpc) is 2.67. The van der Waals surface area contributed by atoms with Crippen LogP contribution in [0.5, 0.6) is 0 Å². The Kier molecular flexibility index (Phi) is 2.61. The first kappa shape index (κ1) is 11.0. The van der Waals surface area contributed by atoms with Gasteiger partial charge in [0.05, 0.1) is 5.92 Å². The molecule has 4 nitrogen and oxygen atoms in total. The molecule has 16 heavy (non-hydrogen) atoms. The molecule has 2 rings (SSSR count). The third-order valence-corrected chi connectivity index (χ3v) is 2.65. The smallest absolute Gasteiger partial charge is 0.382 e. The van der Waals surface area contributed by atoms with Crippen LogP contribution >= 0.6 is 0 Å². The van der Waals surface area contributed by atoms with Gasteiger partial charge >= 0.3 is 6.18 Å². The first-order chi connectivity index (χ1) is 7.47. The van der Waals surface area contributed by atoms with Crippen molar-refractivity contribution < 1.29 is 13.2 Å². The van der Waals surface area contributed by atoms with Gasteiger partial charge in [-0.2, -0.15) is 13.2 Å². The number of anilines is 2. The molecule has 7 heteroatoms. The molecule has 0 aliphatic carbocycles. The fraction of sp³-hybridized carbons (Fsp3) is 0.556. The van der Waals surface area contributed by atoms with Gasteiger partial charge in [-0.05, 0) is 18.6 Å². The number of nitrogen functional groups attached to an aromatic ring is 1. The van der Waals surface area contributed by atoms with E-state index >= 15 is 0 Å². The summed E-state index contributed by atoms with van der Waals surface area (Å²) in [6.45, 7) is 0.297. The molecule has 0 saturated carbocycles. The van der Waals surface area contributed by atoms with Crippen molar-refractivity contribution >= 4 is 11.6 Å². The number of alkyl halides is 3. The monoisotopic (exact) mass is 232 g/mol. The largest absolute Gasteiger partial charge is 0.393 e. The van der Waals surface area contributed by atoms with Crippen molar-refractivity contribution in [2.75, 3.05) is 23.7 Å². The normalized spacial score (nSPS) is 21.4. The molecule has 0 amide bonds. The predicted octanol–water partition coefficient (Wildman–Crippen LogP) is 1.45. The van der Waals surface area contributed by atoms with E-state index in [2.05, 4.69) is 10.2 Å². The Bertz CT molecular complexity index is 362. The van der Waals surface area contributed by atoms with Crippen LogP contribution in [-0.4, -0.2) is 29.5 Å². The van der Waals surface area contributed by atoms with E-state index in [1.807, 2.05) is 0 Å². The van der Waals surface area contributed by atoms with E-state index in [4.69, 9.17) is 5.73 Å². The summed E-state index contributed by atoms with van der Waals surface area (Å²) in [7, 11) is 0. The maximum atomic E-state index is 12.4. The van der Waals surface area contributed by atoms with E-state index in [-0.39, 0.29) is 18.8 Å². The van der Waals surface area contributed by atoms with Crippen LogP contribution in [0.25, 0.3) is 0 Å². The summed E-state index contributed by atoms with van der Waals surface area (Å²) < 4.78 is 37.3. The van der Waals surface area contributed by atoms with E-state index in [0.717, 1.165) is 0 Å². The Morgan fingerprint density at radius 2 is 2.06 bits per heavy atom. The third-order valence-electron chi connectivity index (χ3n) is 2.65. The molecule has 0 radical (unpaired) electrons. The molecule has 1 aromatic rings. The number of nitrogens with two attached hydrogens (primary N) is 1. The maximum absolute atomic E-state index is 12.4. The standard InChI is InChI=1S/C9H11F3N4/c10-9(11,12)6-3-4-16(5-6)8-2-1-7(13)14-15-8/h1-2,6H,3-5H2,(H2,13,14). The minimum atomic E-state index is -4.13. The molecule has 1 saturated heterocycles. The highest BCUT2D eigenvalue weighted by Gasteiger charge is 2.43. The van der Waals surface area contributed by atoms with Gasteiger partial charge in [0, 0.05) is 13.1 Å². The van der Waals surface area contributed by atoms with Gasteiger partial charge in [0.2, 0.25) is 0 Å². The van der Waals surface area contributed by atoms with Crippen LogP contribution < -0.4 is 10.6 Å². The van der Waals surface area contributed by atoms with Crippen LogP contribution in [0.2, 0.25) is 0 Å². The van der Waals surface area contributed by atoms with Gasteiger partial charge in [-0.1, -0.05) is 0 Å². The number of halogens is 3. The molecular weight excluding hydrogens is 221 g/mol. The van der Waals surface area contributed by atoms with Crippen molar-refractivity contribution in [2.45, 2.75) is 12.6 Å². The summed E-state index contributed by atoms with van der Waals surface area (Å²) in [6.07, 6.45) is -4.02. The van der Waals surface area contributed by atoms with Crippen LogP contribution in [0.3, 0.4) is 0 Å². The minimum absolute atomic E-state index is 0.0535. The van der Waals surface area contributed by atoms with Crippen molar-refractivity contribution in [1.82, 2.24) is 10.2 Å². The SMILES string of the molecule is Nc1ccc(N2CCC(C(F)(F)F)C2)nn1. The molecule has 1 aliphatic heterocycles. The average molecular weight is 232 g/mol. The Morgan fingerprint density at radius 1 is 1.31 bits per heavy atom. The van der Waals surface area contributed by atoms with Gasteiger partial charge in [0.1, 0.15) is 5.82 Å². The van der Waals surface area contributed by atoms with Crippen LogP contribution in [-0.2, 0) is 0 Å². The topological polar surface area (TPSA) is 55.0 Å². The predicted molar refractivity (Wildman–Crippen MR) is 52.8 cm³/mol. The van der Waals surface area contributed by atoms with Crippen LogP contribution in [0.15, 0.2) is 12.1 Å². The zero-order chi connectivity index (χ0) is 11.8. The lowest BCUT2D eigenvalue weighted by Gasteiger charge is -2.18. The second-order valence-electron chi connectivity index (χ2n) is 3.79. The van der Waals surface area contributed by atoms with Crippen molar-refractivity contribution in [3.8, 4) is 0 Å². The minimum Gasteiger partial charge on any atom is -0.382 e. The van der Waals surface area contributed by atoms with Crippen molar-refractivity contribution in [1.29, 1.82) is 0 Å². The fourth-order valence-electron chi connectivity index (χ4n) is 1.74. The Hall–Kier alpha value is -1.53. The summed E-state index contributed by atoms with van der Waals surface area (Å²) in [5.41, 5.74) is 5.35. The quantitative estimate of drug-likeness (QED) is 0.796. The lowest BCUT2D eigenvalue weighted by Crippen LogP contribution is -2.27. The number of hydrogen-bond donors (Lipinski definition) is 1. The Morgan fingerprint density at radius 3 is 2.56 bits per heavy atom. The fourth-order valence-corrected chi connectivity index (χ4v) is 1.74. The van der Waals surface area contributed by atoms with E-state index in [1.165, 1.54) is 6.07 Å². The highest BCUT2D eigenvalue weighted by Crippen LogP contribution is 2.34. The van der Waals surface area contributed by atoms with E-state index in [9.17, 15) is 13.2 Å². The van der Waals surface area contributed by atoms with E-state index in [1.54, 1.807) is 11.0 Å². The highest BCUT2D eigenvalue weighted by molar-refractivity contribution is 5.42. The van der Waals surface area contributed by atoms with Crippen molar-refractivity contribution in [3.05, 3.63) is 12.1 Å². The molecule has 2 N–H and O–H groups in total. The van der Waals surface area contributed by atoms with Crippen LogP contribution in [0.1, 0.15) is 6.42 Å². The molecule has 1 fully saturated rings. The molecule has 1 atom stereocenters. The van der Waals surface area contributed by atoms with Gasteiger partial charge in [-0.3, -0.25) is 0 Å². The summed E-state index contributed by atoms with van der Waals surface area (Å²) in [5, 5.41) is 7.38. The molecule has 0 spiro atoms. The van der Waals surface area contributed by atoms with Crippen molar-refractivity contribution in [2.24, 2.45) is 5.92 Å². The molecule has 1 aromatic heterocycles. The first-order valence-electron chi connectivity index (χ1n) is 4.87. The molecule has 0 aromatic carbocycles. The summed E-state index contributed by atoms with van der Waals surface area (Å²) in [5.74, 6) is -0.567. The second kappa shape index (κ2) is 3.80. The third kappa shape index (κ3) is 2.17. The number of aromatic nitrogens is 2. The molecular formula is C9H11F3N4. The van der Waals surface area contributed by atoms with Gasteiger partial charge in [0.15, 0.2) is 5.82 Å². The maximum Gasteiger partial charge on any atom is 0.393 e. The Labute approximate surface area is 90.3 Å². The summed E-state index contributed by atoms with van der Waals surface area (Å²) >= 11 is 0. The number of nitrogens with zero attached hydrogens (tertiary/aromatic N) is 3. The molecule has 88 valence electrons. The lowest BCUT2D eigenvalue weighted by molar-refractivity contribution is -0.168. The lowest BCUT2D eigenvalue weighted by atomic mass is 10.1. The Balaban J connectivity index is 2.06. The number of rotatable bonds is 1. The zero-order valence-electron chi connectivity index (χ0n) is 8.41. The van der Waals surface area contributed by atoms with Crippen LogP contribution in [0, 0.1) is 5.92 Å². The van der Waals surface area contributed by atoms with Crippen molar-refractivity contribution in [3.63, 3.8) is 0 Å². The molecule has 1 aliphatic rings. The summed E-state index contributed by atoms with van der Waals surface area (Å²) in [6, 6.07) is 3.12. The van der Waals surface area contributed by atoms with E-state index in [0.29, 0.717) is 12.4 Å². The second-order valence-corrected chi connectivity index (χ2v) is 3.79. The highest BCUT2D eigenvalue weighted by atomic mass is 19.4. The van der Waals surface area contributed by atoms with Gasteiger partial charge in [0.25, 0.3) is 0 Å². The molecule has 1 unspecified atom stereocenters. The molecule has 0 bridgehead atoms. The van der Waals surface area contributed by atoms with Gasteiger partial charge in [-0.15, -0.1) is 10.2 Å². The molecule has 2 heterocycles. The summed E-state index contributed by atoms with van der Waals surface area (Å²) in [4.78, 5) is 1.57. The first-order valence-corrected chi connectivity index (χ1v) is 4.87.